The van der Waals surface area contributed by atoms with Gasteiger partial charge in [-0.2, -0.15) is 0 Å². The fourth-order valence-electron chi connectivity index (χ4n) is 6.22. The van der Waals surface area contributed by atoms with E-state index in [4.69, 9.17) is 17.2 Å². The van der Waals surface area contributed by atoms with Crippen molar-refractivity contribution in [3.63, 3.8) is 0 Å². The highest BCUT2D eigenvalue weighted by atomic mass is 16.4. The Morgan fingerprint density at radius 1 is 0.854 bits per heavy atom. The number of Topliss-reactive ketones (excluding diaryl/α,β-unsaturated/α-hetero) is 2. The molecular weight excluding hydrogens is 610 g/mol. The molecule has 2 amide bonds. The summed E-state index contributed by atoms with van der Waals surface area (Å²) in [5.41, 5.74) is 18.5. The fraction of sp³-hybridized carbons (Fsp3) is 0.541. The van der Waals surface area contributed by atoms with Crippen molar-refractivity contribution in [1.29, 1.82) is 0 Å². The number of nitrogens with two attached hydrogens (primary N) is 3. The lowest BCUT2D eigenvalue weighted by Crippen LogP contribution is -2.57. The van der Waals surface area contributed by atoms with Gasteiger partial charge in [0, 0.05) is 37.8 Å². The first-order valence-electron chi connectivity index (χ1n) is 17.0. The number of hydrogen-bond donors (Lipinski definition) is 5. The van der Waals surface area contributed by atoms with Crippen LogP contribution in [-0.4, -0.2) is 76.6 Å². The highest BCUT2D eigenvalue weighted by Crippen LogP contribution is 2.25. The Balaban J connectivity index is 1.76. The Labute approximate surface area is 284 Å². The predicted octanol–water partition coefficient (Wildman–Crippen LogP) is 2.62. The molecule has 1 fully saturated rings. The van der Waals surface area contributed by atoms with Gasteiger partial charge in [-0.05, 0) is 68.5 Å². The molecule has 262 valence electrons. The van der Waals surface area contributed by atoms with E-state index >= 15 is 0 Å². The third-order valence-corrected chi connectivity index (χ3v) is 9.21. The smallest absolute Gasteiger partial charge is 0.323 e. The third kappa shape index (κ3) is 11.6. The van der Waals surface area contributed by atoms with Crippen molar-refractivity contribution in [2.45, 2.75) is 89.3 Å². The van der Waals surface area contributed by atoms with Gasteiger partial charge in [-0.1, -0.05) is 74.5 Å². The lowest BCUT2D eigenvalue weighted by atomic mass is 9.86. The molecule has 8 N–H and O–H groups in total. The van der Waals surface area contributed by atoms with Gasteiger partial charge in [-0.25, -0.2) is 0 Å². The Kier molecular flexibility index (Phi) is 14.9. The summed E-state index contributed by atoms with van der Waals surface area (Å²) >= 11 is 0. The number of carboxylic acid groups (broad SMARTS) is 1. The van der Waals surface area contributed by atoms with Crippen LogP contribution in [0.5, 0.6) is 0 Å². The summed E-state index contributed by atoms with van der Waals surface area (Å²) in [6.45, 7) is 4.61. The van der Waals surface area contributed by atoms with Crippen molar-refractivity contribution in [3.05, 3.63) is 71.8 Å². The van der Waals surface area contributed by atoms with Crippen LogP contribution >= 0.6 is 0 Å². The number of likely N-dealkylation sites (tertiary alicyclic amines) is 1. The summed E-state index contributed by atoms with van der Waals surface area (Å²) in [5, 5.41) is 12.4. The molecule has 1 saturated heterocycles. The molecule has 1 aliphatic rings. The van der Waals surface area contributed by atoms with Gasteiger partial charge >= 0.3 is 5.97 Å². The van der Waals surface area contributed by atoms with Crippen LogP contribution in [0, 0.1) is 17.8 Å². The molecule has 2 aromatic carbocycles. The molecular formula is C37H53N5O6. The number of carbonyl (C=O) groups is 5. The van der Waals surface area contributed by atoms with Gasteiger partial charge in [0.2, 0.25) is 11.8 Å². The second kappa shape index (κ2) is 18.6. The van der Waals surface area contributed by atoms with Crippen molar-refractivity contribution in [2.75, 3.05) is 19.6 Å². The molecule has 0 unspecified atom stereocenters. The Hall–Kier alpha value is -3.93. The molecule has 0 saturated carbocycles. The van der Waals surface area contributed by atoms with Crippen LogP contribution in [0.1, 0.15) is 69.9 Å². The number of aliphatic carboxylic acids is 1. The van der Waals surface area contributed by atoms with Crippen LogP contribution in [0.3, 0.4) is 0 Å². The standard InChI is InChI=1S/C37H53N5O6/c1-25(2)20-31(33(44)23-28(14-9-17-38)35(46)42-18-15-37(40,16-19-42)36(47)48)41-34(45)29(21-26-10-5-3-6-11-26)24-32(43)30(39)22-27-12-7-4-8-13-27/h3-8,10-13,25,28-31H,9,14-24,38-40H2,1-2H3,(H,41,45)(H,47,48)/t28-,29-,30+,31+/m0/s1. The van der Waals surface area contributed by atoms with E-state index in [2.05, 4.69) is 5.32 Å². The largest absolute Gasteiger partial charge is 0.480 e. The minimum absolute atomic E-state index is 0.0572. The fourth-order valence-corrected chi connectivity index (χ4v) is 6.22. The number of hydrogen-bond acceptors (Lipinski definition) is 8. The molecule has 0 radical (unpaired) electrons. The van der Waals surface area contributed by atoms with Crippen molar-refractivity contribution in [3.8, 4) is 0 Å². The van der Waals surface area contributed by atoms with E-state index in [1.165, 1.54) is 0 Å². The zero-order valence-corrected chi connectivity index (χ0v) is 28.3. The number of piperidine rings is 1. The lowest BCUT2D eigenvalue weighted by Gasteiger charge is -2.38. The molecule has 1 heterocycles. The maximum atomic E-state index is 13.9. The summed E-state index contributed by atoms with van der Waals surface area (Å²) in [6, 6.07) is 17.2. The highest BCUT2D eigenvalue weighted by molar-refractivity contribution is 5.95. The minimum Gasteiger partial charge on any atom is -0.480 e. The van der Waals surface area contributed by atoms with Gasteiger partial charge in [0.25, 0.3) is 0 Å². The Morgan fingerprint density at radius 2 is 1.40 bits per heavy atom. The van der Waals surface area contributed by atoms with Crippen LogP contribution in [0.15, 0.2) is 60.7 Å². The van der Waals surface area contributed by atoms with Gasteiger partial charge in [0.15, 0.2) is 11.6 Å². The molecule has 0 aliphatic carbocycles. The monoisotopic (exact) mass is 663 g/mol. The number of carboxylic acids is 1. The van der Waals surface area contributed by atoms with Crippen LogP contribution < -0.4 is 22.5 Å². The molecule has 0 bridgehead atoms. The van der Waals surface area contributed by atoms with E-state index in [-0.39, 0.29) is 62.2 Å². The number of ketones is 2. The number of carbonyl (C=O) groups excluding carboxylic acids is 4. The summed E-state index contributed by atoms with van der Waals surface area (Å²) in [5.74, 6) is -3.61. The first-order chi connectivity index (χ1) is 22.8. The Bertz CT molecular complexity index is 1360. The van der Waals surface area contributed by atoms with Gasteiger partial charge in [0.05, 0.1) is 12.1 Å². The molecule has 4 atom stereocenters. The number of nitrogens with zero attached hydrogens (tertiary/aromatic N) is 1. The quantitative estimate of drug-likeness (QED) is 0.150. The maximum Gasteiger partial charge on any atom is 0.323 e. The Morgan fingerprint density at radius 3 is 1.92 bits per heavy atom. The van der Waals surface area contributed by atoms with Crippen molar-refractivity contribution < 1.29 is 29.1 Å². The first kappa shape index (κ1) is 38.5. The molecule has 48 heavy (non-hydrogen) atoms. The van der Waals surface area contributed by atoms with E-state index in [0.717, 1.165) is 11.1 Å². The zero-order valence-electron chi connectivity index (χ0n) is 28.3. The summed E-state index contributed by atoms with van der Waals surface area (Å²) in [7, 11) is 0. The van der Waals surface area contributed by atoms with Gasteiger partial charge in [-0.3, -0.25) is 24.0 Å². The molecule has 3 rings (SSSR count). The van der Waals surface area contributed by atoms with E-state index in [0.29, 0.717) is 38.6 Å². The average Bonchev–Trinajstić information content (AvgIpc) is 3.06. The van der Waals surface area contributed by atoms with E-state index in [1.54, 1.807) is 4.90 Å². The van der Waals surface area contributed by atoms with Crippen LogP contribution in [0.25, 0.3) is 0 Å². The molecule has 11 heteroatoms. The summed E-state index contributed by atoms with van der Waals surface area (Å²) in [4.78, 5) is 67.9. The number of nitrogens with one attached hydrogen (secondary N) is 1. The van der Waals surface area contributed by atoms with Crippen molar-refractivity contribution in [1.82, 2.24) is 10.2 Å². The van der Waals surface area contributed by atoms with Crippen LogP contribution in [-0.2, 0) is 36.8 Å². The lowest BCUT2D eigenvalue weighted by molar-refractivity contribution is -0.149. The van der Waals surface area contributed by atoms with Gasteiger partial charge in [-0.15, -0.1) is 0 Å². The number of rotatable bonds is 19. The number of amides is 2. The SMILES string of the molecule is CC(C)C[C@@H](NC(=O)[C@H](CC(=O)[C@H](N)Cc1ccccc1)Cc1ccccc1)C(=O)C[C@H](CCCN)C(=O)N1CCC(N)(C(=O)O)CC1. The highest BCUT2D eigenvalue weighted by Gasteiger charge is 2.40. The third-order valence-electron chi connectivity index (χ3n) is 9.21. The normalized spacial score (nSPS) is 16.8. The second-order valence-corrected chi connectivity index (χ2v) is 13.6. The minimum atomic E-state index is -1.38. The van der Waals surface area contributed by atoms with E-state index in [1.807, 2.05) is 74.5 Å². The average molecular weight is 664 g/mol. The van der Waals surface area contributed by atoms with Gasteiger partial charge in [0.1, 0.15) is 5.54 Å². The molecule has 11 nitrogen and oxygen atoms in total. The van der Waals surface area contributed by atoms with Crippen LogP contribution in [0.2, 0.25) is 0 Å². The summed E-state index contributed by atoms with van der Waals surface area (Å²) in [6.07, 6.45) is 1.99. The first-order valence-corrected chi connectivity index (χ1v) is 17.0. The van der Waals surface area contributed by atoms with Crippen molar-refractivity contribution >= 4 is 29.4 Å². The molecule has 0 spiro atoms. The maximum absolute atomic E-state index is 13.9. The second-order valence-electron chi connectivity index (χ2n) is 13.6. The van der Waals surface area contributed by atoms with Crippen molar-refractivity contribution in [2.24, 2.45) is 35.0 Å². The molecule has 0 aromatic heterocycles. The summed E-state index contributed by atoms with van der Waals surface area (Å²) < 4.78 is 0. The van der Waals surface area contributed by atoms with E-state index < -0.39 is 41.3 Å². The van der Waals surface area contributed by atoms with Crippen LogP contribution in [0.4, 0.5) is 0 Å². The zero-order chi connectivity index (χ0) is 35.3. The molecule has 1 aliphatic heterocycles. The van der Waals surface area contributed by atoms with E-state index in [9.17, 15) is 29.1 Å². The topological polar surface area (TPSA) is 199 Å². The number of benzene rings is 2. The molecule has 2 aromatic rings. The van der Waals surface area contributed by atoms with Gasteiger partial charge < -0.3 is 32.5 Å². The predicted molar refractivity (Wildman–Crippen MR) is 185 cm³/mol.